The molecule has 10 rings (SSSR count). The molecule has 0 saturated heterocycles. The van der Waals surface area contributed by atoms with Gasteiger partial charge in [-0.1, -0.05) is 176 Å². The fraction of sp³-hybridized carbons (Fsp3) is 0. The Morgan fingerprint density at radius 1 is 0.304 bits per heavy atom. The number of anilines is 3. The monoisotopic (exact) mass is 714 g/mol. The fourth-order valence-electron chi connectivity index (χ4n) is 8.28. The van der Waals surface area contributed by atoms with Crippen molar-refractivity contribution in [3.05, 3.63) is 231 Å². The van der Waals surface area contributed by atoms with Gasteiger partial charge in [-0.05, 0) is 93.5 Å². The molecule has 0 amide bonds. The van der Waals surface area contributed by atoms with Crippen LogP contribution in [0, 0.1) is 0 Å². The Bertz CT molecular complexity index is 2960. The van der Waals surface area contributed by atoms with Crippen molar-refractivity contribution in [2.75, 3.05) is 4.90 Å². The maximum Gasteiger partial charge on any atom is 0.0562 e. The molecule has 0 atom stereocenters. The van der Waals surface area contributed by atoms with E-state index in [0.717, 1.165) is 45.0 Å². The van der Waals surface area contributed by atoms with Gasteiger partial charge in [0.05, 0.1) is 22.4 Å². The molecule has 2 heteroatoms. The molecule has 0 saturated carbocycles. The van der Waals surface area contributed by atoms with E-state index < -0.39 is 0 Å². The normalized spacial score (nSPS) is 11.2. The van der Waals surface area contributed by atoms with Crippen LogP contribution in [-0.4, -0.2) is 4.57 Å². The molecular weight excluding hydrogens is 677 g/mol. The average Bonchev–Trinajstić information content (AvgIpc) is 3.63. The molecule has 10 aromatic rings. The molecule has 1 heterocycles. The van der Waals surface area contributed by atoms with Gasteiger partial charge in [0.15, 0.2) is 0 Å². The van der Waals surface area contributed by atoms with Crippen LogP contribution in [0.4, 0.5) is 17.1 Å². The van der Waals surface area contributed by atoms with Crippen LogP contribution in [0.2, 0.25) is 0 Å². The minimum Gasteiger partial charge on any atom is -0.309 e. The van der Waals surface area contributed by atoms with Crippen molar-refractivity contribution in [1.29, 1.82) is 0 Å². The summed E-state index contributed by atoms with van der Waals surface area (Å²) in [5.41, 5.74) is 16.3. The number of para-hydroxylation sites is 3. The van der Waals surface area contributed by atoms with Gasteiger partial charge in [0.25, 0.3) is 0 Å². The Balaban J connectivity index is 1.24. The van der Waals surface area contributed by atoms with Crippen LogP contribution in [0.1, 0.15) is 0 Å². The van der Waals surface area contributed by atoms with Crippen molar-refractivity contribution in [2.24, 2.45) is 0 Å². The molecule has 0 spiro atoms. The second kappa shape index (κ2) is 14.4. The molecule has 56 heavy (non-hydrogen) atoms. The molecule has 264 valence electrons. The number of rotatable bonds is 8. The van der Waals surface area contributed by atoms with Crippen molar-refractivity contribution >= 4 is 38.9 Å². The summed E-state index contributed by atoms with van der Waals surface area (Å²) in [5.74, 6) is 0. The minimum atomic E-state index is 1.08. The quantitative estimate of drug-likeness (QED) is 0.152. The summed E-state index contributed by atoms with van der Waals surface area (Å²) in [7, 11) is 0. The number of hydrogen-bond acceptors (Lipinski definition) is 1. The first-order valence-corrected chi connectivity index (χ1v) is 19.2. The van der Waals surface area contributed by atoms with Gasteiger partial charge < -0.3 is 9.47 Å². The highest BCUT2D eigenvalue weighted by Gasteiger charge is 2.23. The first-order valence-electron chi connectivity index (χ1n) is 19.2. The summed E-state index contributed by atoms with van der Waals surface area (Å²) in [4.78, 5) is 2.48. The van der Waals surface area contributed by atoms with Gasteiger partial charge in [0.1, 0.15) is 0 Å². The molecule has 0 aliphatic rings. The molecule has 2 nitrogen and oxygen atoms in total. The van der Waals surface area contributed by atoms with Gasteiger partial charge in [-0.3, -0.25) is 0 Å². The van der Waals surface area contributed by atoms with Crippen molar-refractivity contribution in [1.82, 2.24) is 4.57 Å². The Hall–Kier alpha value is -7.42. The standard InChI is InChI=1S/C54H38N2/c1-4-19-39(20-5-1)41-23-16-24-42(37-41)48-31-12-14-33-50(48)56(45-28-17-25-43(38-45)47-30-11-10-29-46(47)40-21-6-2-7-22-40)53-36-18-35-52-54(53)49-32-13-15-34-51(49)55(52)44-26-8-3-9-27-44/h1-38H. The highest BCUT2D eigenvalue weighted by molar-refractivity contribution is 6.17. The highest BCUT2D eigenvalue weighted by atomic mass is 15.2. The minimum absolute atomic E-state index is 1.08. The van der Waals surface area contributed by atoms with Crippen LogP contribution < -0.4 is 4.90 Å². The second-order valence-electron chi connectivity index (χ2n) is 14.1. The van der Waals surface area contributed by atoms with Gasteiger partial charge in [0, 0.05) is 27.7 Å². The smallest absolute Gasteiger partial charge is 0.0562 e. The molecule has 0 bridgehead atoms. The van der Waals surface area contributed by atoms with E-state index in [9.17, 15) is 0 Å². The zero-order valence-corrected chi connectivity index (χ0v) is 30.8. The lowest BCUT2D eigenvalue weighted by molar-refractivity contribution is 1.18. The number of nitrogens with zero attached hydrogens (tertiary/aromatic N) is 2. The van der Waals surface area contributed by atoms with Crippen LogP contribution in [0.25, 0.3) is 72.0 Å². The molecule has 1 aromatic heterocycles. The van der Waals surface area contributed by atoms with Gasteiger partial charge in [-0.2, -0.15) is 0 Å². The molecule has 0 radical (unpaired) electrons. The summed E-state index contributed by atoms with van der Waals surface area (Å²) < 4.78 is 2.40. The average molecular weight is 715 g/mol. The van der Waals surface area contributed by atoms with Gasteiger partial charge in [-0.15, -0.1) is 0 Å². The van der Waals surface area contributed by atoms with Crippen LogP contribution in [-0.2, 0) is 0 Å². The van der Waals surface area contributed by atoms with Crippen LogP contribution in [0.15, 0.2) is 231 Å². The predicted molar refractivity (Wildman–Crippen MR) is 237 cm³/mol. The first-order chi connectivity index (χ1) is 27.8. The third-order valence-corrected chi connectivity index (χ3v) is 10.8. The Morgan fingerprint density at radius 3 is 1.57 bits per heavy atom. The second-order valence-corrected chi connectivity index (χ2v) is 14.1. The largest absolute Gasteiger partial charge is 0.309 e. The van der Waals surface area contributed by atoms with E-state index >= 15 is 0 Å². The van der Waals surface area contributed by atoms with E-state index in [1.165, 1.54) is 44.1 Å². The summed E-state index contributed by atoms with van der Waals surface area (Å²) in [6.45, 7) is 0. The molecular formula is C54H38N2. The summed E-state index contributed by atoms with van der Waals surface area (Å²) >= 11 is 0. The van der Waals surface area contributed by atoms with Crippen molar-refractivity contribution < 1.29 is 0 Å². The van der Waals surface area contributed by atoms with E-state index in [-0.39, 0.29) is 0 Å². The third-order valence-electron chi connectivity index (χ3n) is 10.8. The number of benzene rings is 9. The van der Waals surface area contributed by atoms with E-state index in [2.05, 4.69) is 240 Å². The van der Waals surface area contributed by atoms with Gasteiger partial charge in [0.2, 0.25) is 0 Å². The first kappa shape index (κ1) is 33.2. The van der Waals surface area contributed by atoms with Crippen molar-refractivity contribution in [3.8, 4) is 50.2 Å². The Kier molecular flexibility index (Phi) is 8.55. The topological polar surface area (TPSA) is 8.17 Å². The lowest BCUT2D eigenvalue weighted by atomic mass is 9.94. The Labute approximate surface area is 327 Å². The summed E-state index contributed by atoms with van der Waals surface area (Å²) in [6, 6.07) is 83.1. The molecule has 0 fully saturated rings. The molecule has 0 aliphatic carbocycles. The SMILES string of the molecule is c1ccc(-c2cccc(-c3ccccc3N(c3cccc(-c4ccccc4-c4ccccc4)c3)c3cccc4c3c3ccccc3n4-c3ccccc3)c2)cc1. The summed E-state index contributed by atoms with van der Waals surface area (Å²) in [6.07, 6.45) is 0. The molecule has 0 N–H and O–H groups in total. The number of fused-ring (bicyclic) bond motifs is 3. The molecule has 0 unspecified atom stereocenters. The van der Waals surface area contributed by atoms with Crippen molar-refractivity contribution in [3.63, 3.8) is 0 Å². The van der Waals surface area contributed by atoms with E-state index in [0.29, 0.717) is 0 Å². The molecule has 0 aliphatic heterocycles. The lowest BCUT2D eigenvalue weighted by Crippen LogP contribution is -2.12. The van der Waals surface area contributed by atoms with Crippen LogP contribution in [0.5, 0.6) is 0 Å². The number of aromatic nitrogens is 1. The van der Waals surface area contributed by atoms with Gasteiger partial charge in [-0.25, -0.2) is 0 Å². The Morgan fingerprint density at radius 2 is 0.804 bits per heavy atom. The van der Waals surface area contributed by atoms with Gasteiger partial charge >= 0.3 is 0 Å². The number of hydrogen-bond donors (Lipinski definition) is 0. The van der Waals surface area contributed by atoms with Crippen molar-refractivity contribution in [2.45, 2.75) is 0 Å². The van der Waals surface area contributed by atoms with E-state index in [4.69, 9.17) is 0 Å². The maximum absolute atomic E-state index is 2.48. The zero-order valence-electron chi connectivity index (χ0n) is 30.8. The van der Waals surface area contributed by atoms with E-state index in [1.54, 1.807) is 0 Å². The van der Waals surface area contributed by atoms with Crippen LogP contribution in [0.3, 0.4) is 0 Å². The zero-order chi connectivity index (χ0) is 37.3. The predicted octanol–water partition coefficient (Wildman–Crippen LogP) is 14.9. The lowest BCUT2D eigenvalue weighted by Gasteiger charge is -2.29. The third kappa shape index (κ3) is 5.95. The highest BCUT2D eigenvalue weighted by Crippen LogP contribution is 2.47. The van der Waals surface area contributed by atoms with E-state index in [1.807, 2.05) is 0 Å². The van der Waals surface area contributed by atoms with Crippen LogP contribution >= 0.6 is 0 Å². The maximum atomic E-state index is 2.48. The molecule has 9 aromatic carbocycles. The fourth-order valence-corrected chi connectivity index (χ4v) is 8.28. The summed E-state index contributed by atoms with van der Waals surface area (Å²) in [5, 5.41) is 2.41.